The van der Waals surface area contributed by atoms with Crippen LogP contribution in [0.1, 0.15) is 11.3 Å². The second-order valence-corrected chi connectivity index (χ2v) is 7.24. The number of rotatable bonds is 6. The van der Waals surface area contributed by atoms with E-state index in [2.05, 4.69) is 10.3 Å². The number of amides is 1. The minimum atomic E-state index is -0.410. The van der Waals surface area contributed by atoms with E-state index >= 15 is 0 Å². The van der Waals surface area contributed by atoms with Crippen LogP contribution in [0.4, 0.5) is 15.6 Å². The topological polar surface area (TPSA) is 71.5 Å². The molecule has 0 bridgehead atoms. The zero-order valence-electron chi connectivity index (χ0n) is 13.2. The molecule has 2 aromatic rings. The van der Waals surface area contributed by atoms with Gasteiger partial charge in [-0.1, -0.05) is 29.5 Å². The first-order valence-electron chi connectivity index (χ1n) is 7.45. The van der Waals surface area contributed by atoms with Crippen molar-refractivity contribution in [2.75, 3.05) is 24.2 Å². The van der Waals surface area contributed by atoms with Crippen LogP contribution in [0.5, 0.6) is 0 Å². The number of thiazole rings is 1. The van der Waals surface area contributed by atoms with Gasteiger partial charge in [0.15, 0.2) is 5.13 Å². The van der Waals surface area contributed by atoms with Crippen molar-refractivity contribution in [2.24, 2.45) is 0 Å². The van der Waals surface area contributed by atoms with E-state index in [-0.39, 0.29) is 18.4 Å². The van der Waals surface area contributed by atoms with Gasteiger partial charge in [0, 0.05) is 23.4 Å². The Morgan fingerprint density at radius 1 is 1.38 bits per heavy atom. The maximum atomic E-state index is 11.8. The van der Waals surface area contributed by atoms with Crippen molar-refractivity contribution in [3.05, 3.63) is 40.9 Å². The SMILES string of the molecule is Cc1ccc(Nc2nc(COC(=O)CN3CCSC3=O)cs2)cc1. The van der Waals surface area contributed by atoms with Crippen LogP contribution in [0.2, 0.25) is 0 Å². The number of carbonyl (C=O) groups excluding carboxylic acids is 2. The van der Waals surface area contributed by atoms with E-state index in [0.29, 0.717) is 12.2 Å². The Hall–Kier alpha value is -2.06. The van der Waals surface area contributed by atoms with Gasteiger partial charge >= 0.3 is 5.97 Å². The highest BCUT2D eigenvalue weighted by Gasteiger charge is 2.23. The molecule has 1 aromatic carbocycles. The van der Waals surface area contributed by atoms with Gasteiger partial charge in [0.05, 0.1) is 5.69 Å². The summed E-state index contributed by atoms with van der Waals surface area (Å²) >= 11 is 2.68. The third-order valence-corrected chi connectivity index (χ3v) is 5.10. The van der Waals surface area contributed by atoms with E-state index in [1.165, 1.54) is 33.6 Å². The molecule has 0 atom stereocenters. The number of aromatic nitrogens is 1. The lowest BCUT2D eigenvalue weighted by Gasteiger charge is -2.12. The number of anilines is 2. The first-order valence-corrected chi connectivity index (χ1v) is 9.32. The molecule has 0 radical (unpaired) electrons. The fraction of sp³-hybridized carbons (Fsp3) is 0.312. The highest BCUT2D eigenvalue weighted by Crippen LogP contribution is 2.22. The lowest BCUT2D eigenvalue weighted by atomic mass is 10.2. The quantitative estimate of drug-likeness (QED) is 0.793. The van der Waals surface area contributed by atoms with Gasteiger partial charge in [-0.3, -0.25) is 9.59 Å². The standard InChI is InChI=1S/C16H17N3O3S2/c1-11-2-4-12(5-3-11)17-15-18-13(10-24-15)9-22-14(20)8-19-6-7-23-16(19)21/h2-5,10H,6-9H2,1H3,(H,17,18). The van der Waals surface area contributed by atoms with Crippen molar-refractivity contribution in [2.45, 2.75) is 13.5 Å². The predicted octanol–water partition coefficient (Wildman–Crippen LogP) is 3.41. The average molecular weight is 363 g/mol. The Kier molecular flexibility index (Phi) is 5.37. The predicted molar refractivity (Wildman–Crippen MR) is 95.8 cm³/mol. The molecule has 0 spiro atoms. The number of aryl methyl sites for hydroxylation is 1. The number of thioether (sulfide) groups is 1. The maximum absolute atomic E-state index is 11.8. The average Bonchev–Trinajstić information content (AvgIpc) is 3.17. The Morgan fingerprint density at radius 2 is 2.17 bits per heavy atom. The van der Waals surface area contributed by atoms with E-state index in [1.54, 1.807) is 0 Å². The Balaban J connectivity index is 1.48. The number of benzene rings is 1. The lowest BCUT2D eigenvalue weighted by molar-refractivity contribution is -0.145. The molecule has 3 rings (SSSR count). The fourth-order valence-electron chi connectivity index (χ4n) is 2.12. The largest absolute Gasteiger partial charge is 0.458 e. The first-order chi connectivity index (χ1) is 11.6. The van der Waals surface area contributed by atoms with Crippen molar-refractivity contribution >= 4 is 45.1 Å². The number of nitrogens with one attached hydrogen (secondary N) is 1. The molecule has 6 nitrogen and oxygen atoms in total. The number of carbonyl (C=O) groups is 2. The van der Waals surface area contributed by atoms with Crippen LogP contribution in [0.25, 0.3) is 0 Å². The number of hydrogen-bond acceptors (Lipinski definition) is 7. The summed E-state index contributed by atoms with van der Waals surface area (Å²) in [6, 6.07) is 8.02. The van der Waals surface area contributed by atoms with Gasteiger partial charge in [-0.2, -0.15) is 0 Å². The molecule has 2 heterocycles. The molecule has 0 aliphatic carbocycles. The molecule has 126 valence electrons. The molecule has 0 saturated carbocycles. The van der Waals surface area contributed by atoms with Crippen LogP contribution >= 0.6 is 23.1 Å². The smallest absolute Gasteiger partial charge is 0.326 e. The fourth-order valence-corrected chi connectivity index (χ4v) is 3.66. The van der Waals surface area contributed by atoms with Crippen molar-refractivity contribution < 1.29 is 14.3 Å². The van der Waals surface area contributed by atoms with E-state index in [1.807, 2.05) is 36.6 Å². The van der Waals surface area contributed by atoms with Crippen LogP contribution in [0, 0.1) is 6.92 Å². The summed E-state index contributed by atoms with van der Waals surface area (Å²) in [6.45, 7) is 2.75. The zero-order valence-corrected chi connectivity index (χ0v) is 14.8. The highest BCUT2D eigenvalue weighted by atomic mass is 32.2. The van der Waals surface area contributed by atoms with Gasteiger partial charge in [0.1, 0.15) is 13.2 Å². The third kappa shape index (κ3) is 4.48. The first kappa shape index (κ1) is 16.8. The van der Waals surface area contributed by atoms with Crippen LogP contribution in [0.3, 0.4) is 0 Å². The van der Waals surface area contributed by atoms with Crippen molar-refractivity contribution in [1.29, 1.82) is 0 Å². The van der Waals surface area contributed by atoms with E-state index in [4.69, 9.17) is 4.74 Å². The maximum Gasteiger partial charge on any atom is 0.326 e. The Morgan fingerprint density at radius 3 is 2.88 bits per heavy atom. The van der Waals surface area contributed by atoms with Gasteiger partial charge in [-0.15, -0.1) is 11.3 Å². The highest BCUT2D eigenvalue weighted by molar-refractivity contribution is 8.13. The zero-order chi connectivity index (χ0) is 16.9. The van der Waals surface area contributed by atoms with Gasteiger partial charge in [0.2, 0.25) is 0 Å². The summed E-state index contributed by atoms with van der Waals surface area (Å²) in [7, 11) is 0. The molecule has 1 aliphatic heterocycles. The Bertz CT molecular complexity index is 730. The van der Waals surface area contributed by atoms with E-state index in [0.717, 1.165) is 16.6 Å². The minimum absolute atomic E-state index is 0.00441. The summed E-state index contributed by atoms with van der Waals surface area (Å²) in [5.41, 5.74) is 2.84. The molecule has 1 N–H and O–H groups in total. The molecular weight excluding hydrogens is 346 g/mol. The van der Waals surface area contributed by atoms with Crippen molar-refractivity contribution in [1.82, 2.24) is 9.88 Å². The molecule has 24 heavy (non-hydrogen) atoms. The minimum Gasteiger partial charge on any atom is -0.458 e. The van der Waals surface area contributed by atoms with Crippen LogP contribution in [-0.4, -0.2) is 39.9 Å². The van der Waals surface area contributed by atoms with E-state index in [9.17, 15) is 9.59 Å². The number of nitrogens with zero attached hydrogens (tertiary/aromatic N) is 2. The van der Waals surface area contributed by atoms with Crippen LogP contribution in [-0.2, 0) is 16.1 Å². The second-order valence-electron chi connectivity index (χ2n) is 5.33. The summed E-state index contributed by atoms with van der Waals surface area (Å²) < 4.78 is 5.19. The molecule has 1 aliphatic rings. The number of ether oxygens (including phenoxy) is 1. The normalized spacial score (nSPS) is 14.0. The number of hydrogen-bond donors (Lipinski definition) is 1. The molecular formula is C16H17N3O3S2. The van der Waals surface area contributed by atoms with Crippen molar-refractivity contribution in [3.8, 4) is 0 Å². The van der Waals surface area contributed by atoms with Gasteiger partial charge in [-0.05, 0) is 19.1 Å². The summed E-state index contributed by atoms with van der Waals surface area (Å²) in [5.74, 6) is 0.318. The van der Waals surface area contributed by atoms with Gasteiger partial charge in [-0.25, -0.2) is 4.98 Å². The molecule has 1 aromatic heterocycles. The molecule has 1 amide bonds. The van der Waals surface area contributed by atoms with Crippen LogP contribution < -0.4 is 5.32 Å². The summed E-state index contributed by atoms with van der Waals surface area (Å²) in [6.07, 6.45) is 0. The number of esters is 1. The summed E-state index contributed by atoms with van der Waals surface area (Å²) in [5, 5.41) is 5.74. The van der Waals surface area contributed by atoms with Gasteiger partial charge in [0.25, 0.3) is 5.24 Å². The Labute approximate surface area is 148 Å². The lowest BCUT2D eigenvalue weighted by Crippen LogP contribution is -2.30. The monoisotopic (exact) mass is 363 g/mol. The molecule has 0 unspecified atom stereocenters. The van der Waals surface area contributed by atoms with Gasteiger partial charge < -0.3 is 15.0 Å². The van der Waals surface area contributed by atoms with Crippen LogP contribution in [0.15, 0.2) is 29.6 Å². The third-order valence-electron chi connectivity index (χ3n) is 3.40. The second kappa shape index (κ2) is 7.67. The molecule has 1 saturated heterocycles. The molecule has 8 heteroatoms. The summed E-state index contributed by atoms with van der Waals surface area (Å²) in [4.78, 5) is 29.1. The van der Waals surface area contributed by atoms with Crippen molar-refractivity contribution in [3.63, 3.8) is 0 Å². The van der Waals surface area contributed by atoms with E-state index < -0.39 is 5.97 Å². The molecule has 1 fully saturated rings.